The first kappa shape index (κ1) is 13.7. The van der Waals surface area contributed by atoms with Gasteiger partial charge in [0.2, 0.25) is 0 Å². The van der Waals surface area contributed by atoms with Crippen LogP contribution in [0.5, 0.6) is 0 Å². The number of benzene rings is 1. The average molecular weight is 305 g/mol. The zero-order chi connectivity index (χ0) is 15.4. The second-order valence-corrected chi connectivity index (χ2v) is 6.28. The van der Waals surface area contributed by atoms with Crippen molar-refractivity contribution >= 4 is 16.8 Å². The molecule has 1 aromatic carbocycles. The van der Waals surface area contributed by atoms with Gasteiger partial charge in [0.15, 0.2) is 0 Å². The van der Waals surface area contributed by atoms with Gasteiger partial charge in [-0.15, -0.1) is 0 Å². The van der Waals surface area contributed by atoms with E-state index in [0.717, 1.165) is 31.5 Å². The largest absolute Gasteiger partial charge is 0.348 e. The Bertz CT molecular complexity index is 718. The Morgan fingerprint density at radius 3 is 2.55 bits per heavy atom. The fraction of sp³-hybridized carbons (Fsp3) is 0.438. The number of carbonyl (C=O) groups excluding carboxylic acids is 1. The van der Waals surface area contributed by atoms with Gasteiger partial charge in [0.05, 0.1) is 5.52 Å². The van der Waals surface area contributed by atoms with Crippen molar-refractivity contribution in [3.8, 4) is 0 Å². The van der Waals surface area contributed by atoms with Gasteiger partial charge in [0, 0.05) is 30.6 Å². The van der Waals surface area contributed by atoms with E-state index < -0.39 is 11.6 Å². The first-order valence-electron chi connectivity index (χ1n) is 7.52. The quantitative estimate of drug-likeness (QED) is 0.878. The van der Waals surface area contributed by atoms with Gasteiger partial charge >= 0.3 is 0 Å². The molecule has 4 nitrogen and oxygen atoms in total. The van der Waals surface area contributed by atoms with E-state index in [1.54, 1.807) is 0 Å². The highest BCUT2D eigenvalue weighted by atomic mass is 19.1. The van der Waals surface area contributed by atoms with Gasteiger partial charge < -0.3 is 9.88 Å². The van der Waals surface area contributed by atoms with Crippen LogP contribution in [0, 0.1) is 11.6 Å². The van der Waals surface area contributed by atoms with Crippen LogP contribution in [0.2, 0.25) is 0 Å². The van der Waals surface area contributed by atoms with E-state index >= 15 is 0 Å². The lowest BCUT2D eigenvalue weighted by Crippen LogP contribution is -2.62. The highest BCUT2D eigenvalue weighted by molar-refractivity contribution is 5.98. The minimum atomic E-state index is -0.546. The maximum Gasteiger partial charge on any atom is 0.270 e. The SMILES string of the molecule is CN1CC2CCC1CN2C(=O)c1cc2c(F)ccc(F)c2[nH]1. The molecule has 2 atom stereocenters. The number of piperazine rings is 1. The first-order chi connectivity index (χ1) is 10.5. The lowest BCUT2D eigenvalue weighted by molar-refractivity contribution is -0.000388. The molecule has 3 fully saturated rings. The third-order valence-electron chi connectivity index (χ3n) is 4.98. The van der Waals surface area contributed by atoms with Crippen LogP contribution >= 0.6 is 0 Å². The van der Waals surface area contributed by atoms with Crippen molar-refractivity contribution < 1.29 is 13.6 Å². The van der Waals surface area contributed by atoms with Gasteiger partial charge in [-0.1, -0.05) is 0 Å². The summed E-state index contributed by atoms with van der Waals surface area (Å²) in [5.41, 5.74) is 0.317. The minimum absolute atomic E-state index is 0.0580. The summed E-state index contributed by atoms with van der Waals surface area (Å²) in [7, 11) is 2.08. The molecule has 0 radical (unpaired) electrons. The highest BCUT2D eigenvalue weighted by Crippen LogP contribution is 2.30. The fourth-order valence-electron chi connectivity index (χ4n) is 3.71. The number of aromatic nitrogens is 1. The van der Waals surface area contributed by atoms with Gasteiger partial charge in [0.1, 0.15) is 17.3 Å². The molecule has 3 aliphatic heterocycles. The summed E-state index contributed by atoms with van der Waals surface area (Å²) in [6.07, 6.45) is 2.09. The Morgan fingerprint density at radius 1 is 1.18 bits per heavy atom. The Morgan fingerprint density at radius 2 is 1.91 bits per heavy atom. The normalized spacial score (nSPS) is 25.1. The van der Waals surface area contributed by atoms with Crippen LogP contribution in [0.4, 0.5) is 8.78 Å². The summed E-state index contributed by atoms with van der Waals surface area (Å²) >= 11 is 0. The summed E-state index contributed by atoms with van der Waals surface area (Å²) in [5.74, 6) is -1.24. The second kappa shape index (κ2) is 4.78. The second-order valence-electron chi connectivity index (χ2n) is 6.28. The number of piperidine rings is 2. The number of amides is 1. The van der Waals surface area contributed by atoms with E-state index in [-0.39, 0.29) is 28.5 Å². The minimum Gasteiger partial charge on any atom is -0.348 e. The third-order valence-corrected chi connectivity index (χ3v) is 4.98. The van der Waals surface area contributed by atoms with E-state index in [4.69, 9.17) is 0 Å². The van der Waals surface area contributed by atoms with Crippen LogP contribution in [0.25, 0.3) is 10.9 Å². The molecule has 0 saturated carbocycles. The fourth-order valence-corrected chi connectivity index (χ4v) is 3.71. The van der Waals surface area contributed by atoms with Crippen LogP contribution < -0.4 is 0 Å². The Kier molecular flexibility index (Phi) is 2.97. The number of likely N-dealkylation sites (N-methyl/N-ethyl adjacent to an activating group) is 1. The molecular weight excluding hydrogens is 288 g/mol. The number of nitrogens with one attached hydrogen (secondary N) is 1. The molecule has 6 heteroatoms. The number of H-pyrrole nitrogens is 1. The predicted molar refractivity (Wildman–Crippen MR) is 78.7 cm³/mol. The summed E-state index contributed by atoms with van der Waals surface area (Å²) in [4.78, 5) is 19.6. The molecule has 116 valence electrons. The maximum absolute atomic E-state index is 13.8. The topological polar surface area (TPSA) is 39.3 Å². The molecule has 1 amide bonds. The summed E-state index contributed by atoms with van der Waals surface area (Å²) in [5, 5.41) is 0.127. The van der Waals surface area contributed by atoms with Crippen LogP contribution in [0.3, 0.4) is 0 Å². The number of aromatic amines is 1. The average Bonchev–Trinajstić information content (AvgIpc) is 2.97. The van der Waals surface area contributed by atoms with Gasteiger partial charge in [-0.25, -0.2) is 8.78 Å². The molecule has 1 N–H and O–H groups in total. The molecule has 0 aliphatic carbocycles. The van der Waals surface area contributed by atoms with Gasteiger partial charge in [-0.05, 0) is 38.1 Å². The van der Waals surface area contributed by atoms with Crippen LogP contribution in [-0.4, -0.2) is 52.9 Å². The molecule has 3 aliphatic rings. The van der Waals surface area contributed by atoms with Crippen molar-refractivity contribution in [2.24, 2.45) is 0 Å². The predicted octanol–water partition coefficient (Wildman–Crippen LogP) is 2.36. The molecule has 2 bridgehead atoms. The molecule has 3 saturated heterocycles. The van der Waals surface area contributed by atoms with E-state index in [1.165, 1.54) is 6.07 Å². The van der Waals surface area contributed by atoms with Crippen molar-refractivity contribution in [1.82, 2.24) is 14.8 Å². The standard InChI is InChI=1S/C16H17F2N3O/c1-20-7-10-3-2-9(20)8-21(10)16(22)14-6-11-12(17)4-5-13(18)15(11)19-14/h4-6,9-10,19H,2-3,7-8H2,1H3. The molecule has 0 spiro atoms. The zero-order valence-corrected chi connectivity index (χ0v) is 12.3. The lowest BCUT2D eigenvalue weighted by atomic mass is 9.91. The number of rotatable bonds is 1. The number of halogens is 2. The first-order valence-corrected chi connectivity index (χ1v) is 7.52. The van der Waals surface area contributed by atoms with Crippen LogP contribution in [-0.2, 0) is 0 Å². The monoisotopic (exact) mass is 305 g/mol. The van der Waals surface area contributed by atoms with E-state index in [2.05, 4.69) is 16.9 Å². The molecule has 1 aromatic heterocycles. The van der Waals surface area contributed by atoms with Crippen LogP contribution in [0.15, 0.2) is 18.2 Å². The number of hydrogen-bond acceptors (Lipinski definition) is 2. The molecule has 4 heterocycles. The van der Waals surface area contributed by atoms with Crippen molar-refractivity contribution in [2.75, 3.05) is 20.1 Å². The molecule has 2 unspecified atom stereocenters. The van der Waals surface area contributed by atoms with Crippen molar-refractivity contribution in [1.29, 1.82) is 0 Å². The molecule has 22 heavy (non-hydrogen) atoms. The van der Waals surface area contributed by atoms with E-state index in [9.17, 15) is 13.6 Å². The summed E-state index contributed by atoms with van der Waals surface area (Å²) in [6, 6.07) is 4.13. The Balaban J connectivity index is 1.69. The van der Waals surface area contributed by atoms with Crippen LogP contribution in [0.1, 0.15) is 23.3 Å². The van der Waals surface area contributed by atoms with Crippen molar-refractivity contribution in [2.45, 2.75) is 24.9 Å². The maximum atomic E-state index is 13.8. The molecule has 2 aromatic rings. The molecular formula is C16H17F2N3O. The van der Waals surface area contributed by atoms with E-state index in [1.807, 2.05) is 4.90 Å². The summed E-state index contributed by atoms with van der Waals surface area (Å²) in [6.45, 7) is 1.54. The number of fused-ring (bicyclic) bond motifs is 4. The van der Waals surface area contributed by atoms with Gasteiger partial charge in [0.25, 0.3) is 5.91 Å². The van der Waals surface area contributed by atoms with Gasteiger partial charge in [-0.3, -0.25) is 9.69 Å². The third kappa shape index (κ3) is 1.94. The Labute approximate surface area is 126 Å². The van der Waals surface area contributed by atoms with Crippen molar-refractivity contribution in [3.63, 3.8) is 0 Å². The smallest absolute Gasteiger partial charge is 0.270 e. The zero-order valence-electron chi connectivity index (χ0n) is 12.3. The summed E-state index contributed by atoms with van der Waals surface area (Å²) < 4.78 is 27.5. The number of nitrogens with zero attached hydrogens (tertiary/aromatic N) is 2. The van der Waals surface area contributed by atoms with Crippen molar-refractivity contribution in [3.05, 3.63) is 35.5 Å². The lowest BCUT2D eigenvalue weighted by Gasteiger charge is -2.50. The Hall–Kier alpha value is -1.95. The number of carbonyl (C=O) groups is 1. The molecule has 5 rings (SSSR count). The highest BCUT2D eigenvalue weighted by Gasteiger charge is 2.40. The number of hydrogen-bond donors (Lipinski definition) is 1. The van der Waals surface area contributed by atoms with Gasteiger partial charge in [-0.2, -0.15) is 0 Å². The van der Waals surface area contributed by atoms with E-state index in [0.29, 0.717) is 12.6 Å².